The van der Waals surface area contributed by atoms with Crippen molar-refractivity contribution in [2.45, 2.75) is 71.1 Å². The van der Waals surface area contributed by atoms with Crippen LogP contribution in [-0.2, 0) is 125 Å². The van der Waals surface area contributed by atoms with E-state index < -0.39 is 5.92 Å². The van der Waals surface area contributed by atoms with Crippen LogP contribution < -0.4 is 10.6 Å². The Morgan fingerprint density at radius 2 is 0.740 bits per heavy atom. The summed E-state index contributed by atoms with van der Waals surface area (Å²) < 4.78 is 110. The van der Waals surface area contributed by atoms with Crippen molar-refractivity contribution in [1.82, 2.24) is 10.6 Å². The zero-order valence-electron chi connectivity index (χ0n) is 59.7. The van der Waals surface area contributed by atoms with Crippen molar-refractivity contribution >= 4 is 57.3 Å². The third-order valence-electron chi connectivity index (χ3n) is 14.0. The summed E-state index contributed by atoms with van der Waals surface area (Å²) in [4.78, 5) is 66.0. The highest BCUT2D eigenvalue weighted by Crippen LogP contribution is 2.19. The van der Waals surface area contributed by atoms with Gasteiger partial charge in [-0.15, -0.1) is 0 Å². The summed E-state index contributed by atoms with van der Waals surface area (Å²) in [5, 5.41) is 10.3. The third kappa shape index (κ3) is 63.3. The number of hydrogen-bond donors (Lipinski definition) is 2. The van der Waals surface area contributed by atoms with Gasteiger partial charge in [0.2, 0.25) is 11.8 Å². The number of aliphatic imine (C=N–C) groups is 1. The van der Waals surface area contributed by atoms with Crippen molar-refractivity contribution in [3.05, 3.63) is 48.0 Å². The number of carbonyl (C=O) groups is 5. The minimum atomic E-state index is -0.517. The fourth-order valence-electron chi connectivity index (χ4n) is 8.74. The second-order valence-electron chi connectivity index (χ2n) is 22.2. The summed E-state index contributed by atoms with van der Waals surface area (Å²) in [6.07, 6.45) is 4.24. The average molecular weight is 1450 g/mol. The largest absolute Gasteiger partial charge is 0.379 e. The smallest absolute Gasteiger partial charge is 0.223 e. The number of thiocarbonyl (C=S) groups is 1. The van der Waals surface area contributed by atoms with Crippen LogP contribution in [0.25, 0.3) is 10.8 Å². The van der Waals surface area contributed by atoms with E-state index in [4.69, 9.17) is 94.7 Å². The van der Waals surface area contributed by atoms with Gasteiger partial charge in [-0.25, -0.2) is 4.99 Å². The van der Waals surface area contributed by atoms with Crippen molar-refractivity contribution in [2.75, 3.05) is 284 Å². The Morgan fingerprint density at radius 1 is 0.370 bits per heavy atom. The molecule has 0 spiro atoms. The van der Waals surface area contributed by atoms with E-state index in [1.54, 1.807) is 6.92 Å². The molecule has 2 amide bonds. The summed E-state index contributed by atoms with van der Waals surface area (Å²) in [7, 11) is 0. The lowest BCUT2D eigenvalue weighted by Crippen LogP contribution is -2.35. The van der Waals surface area contributed by atoms with E-state index in [1.807, 2.05) is 42.5 Å². The normalized spacial score (nSPS) is 11.7. The highest BCUT2D eigenvalue weighted by atomic mass is 32.1. The van der Waals surface area contributed by atoms with Crippen LogP contribution in [0.5, 0.6) is 0 Å². The number of nitrogens with one attached hydrogen (secondary N) is 2. The number of unbranched alkanes of at least 4 members (excludes halogenated alkanes) is 1. The van der Waals surface area contributed by atoms with Crippen LogP contribution in [0.3, 0.4) is 0 Å². The summed E-state index contributed by atoms with van der Waals surface area (Å²) >= 11 is 4.51. The van der Waals surface area contributed by atoms with Gasteiger partial charge >= 0.3 is 0 Å². The first-order valence-electron chi connectivity index (χ1n) is 35.4. The van der Waals surface area contributed by atoms with E-state index in [0.717, 1.165) is 16.3 Å². The SMILES string of the molecule is CC(=O)CCOCCOCCOCCOCCOCCOCCOCCOCCCC(=O)CCOCCOCCOCCOCCOCCOCCOCCOCCNC(=O)C(CCCCNC(=O)CCOCCOCCOCCOCCN=C=S)CC(=O)Cc1ccc2ccccc2c1. The van der Waals surface area contributed by atoms with Gasteiger partial charge in [-0.3, -0.25) is 24.0 Å². The van der Waals surface area contributed by atoms with Gasteiger partial charge in [-0.1, -0.05) is 48.9 Å². The maximum Gasteiger partial charge on any atom is 0.223 e. The number of amides is 2. The number of benzene rings is 2. The Bertz CT molecular complexity index is 2290. The number of carbonyl (C=O) groups excluding carboxylic acids is 5. The molecule has 0 saturated heterocycles. The number of ether oxygens (including phenoxy) is 20. The van der Waals surface area contributed by atoms with Gasteiger partial charge in [-0.2, -0.15) is 0 Å². The van der Waals surface area contributed by atoms with Crippen LogP contribution in [-0.4, -0.2) is 318 Å². The summed E-state index contributed by atoms with van der Waals surface area (Å²) in [6.45, 7) is 19.9. The predicted octanol–water partition coefficient (Wildman–Crippen LogP) is 4.90. The Hall–Kier alpha value is -4.35. The van der Waals surface area contributed by atoms with Gasteiger partial charge in [0, 0.05) is 64.1 Å². The molecule has 0 saturated carbocycles. The van der Waals surface area contributed by atoms with Gasteiger partial charge < -0.3 is 105 Å². The van der Waals surface area contributed by atoms with Crippen molar-refractivity contribution in [2.24, 2.45) is 10.9 Å². The van der Waals surface area contributed by atoms with E-state index in [-0.39, 0.29) is 68.2 Å². The topological polar surface area (TPSA) is 306 Å². The Balaban J connectivity index is 1.31. The molecule has 0 aliphatic carbocycles. The zero-order valence-corrected chi connectivity index (χ0v) is 60.5. The molecule has 28 nitrogen and oxygen atoms in total. The highest BCUT2D eigenvalue weighted by molar-refractivity contribution is 7.78. The first kappa shape index (κ1) is 91.7. The first-order chi connectivity index (χ1) is 49.3. The second-order valence-corrected chi connectivity index (χ2v) is 22.4. The number of hydrogen-bond acceptors (Lipinski definition) is 27. The molecule has 1 unspecified atom stereocenters. The Kier molecular flexibility index (Phi) is 66.9. The van der Waals surface area contributed by atoms with Crippen molar-refractivity contribution in [3.63, 3.8) is 0 Å². The molecule has 0 radical (unpaired) electrons. The minimum Gasteiger partial charge on any atom is -0.379 e. The quantitative estimate of drug-likeness (QED) is 0.0505. The van der Waals surface area contributed by atoms with Crippen LogP contribution in [0.1, 0.15) is 70.3 Å². The lowest BCUT2D eigenvalue weighted by atomic mass is 9.92. The molecular formula is C71H119N3O25S. The highest BCUT2D eigenvalue weighted by Gasteiger charge is 2.22. The van der Waals surface area contributed by atoms with E-state index in [2.05, 4.69) is 33.0 Å². The van der Waals surface area contributed by atoms with Gasteiger partial charge in [-0.05, 0) is 54.7 Å². The van der Waals surface area contributed by atoms with Gasteiger partial charge in [0.15, 0.2) is 0 Å². The molecule has 29 heteroatoms. The number of Topliss-reactive ketones (excluding diaryl/α,β-unsaturated/α-hetero) is 3. The number of nitrogens with zero attached hydrogens (tertiary/aromatic N) is 1. The molecule has 100 heavy (non-hydrogen) atoms. The lowest BCUT2D eigenvalue weighted by Gasteiger charge is -2.17. The predicted molar refractivity (Wildman–Crippen MR) is 376 cm³/mol. The Labute approximate surface area is 598 Å². The molecule has 2 rings (SSSR count). The monoisotopic (exact) mass is 1450 g/mol. The third-order valence-corrected chi connectivity index (χ3v) is 14.1. The summed E-state index contributed by atoms with van der Waals surface area (Å²) in [5.41, 5.74) is 0.905. The van der Waals surface area contributed by atoms with Crippen LogP contribution in [0.4, 0.5) is 0 Å². The molecule has 0 fully saturated rings. The molecule has 1 atom stereocenters. The molecule has 0 aliphatic rings. The molecule has 2 aromatic carbocycles. The van der Waals surface area contributed by atoms with Crippen LogP contribution in [0.15, 0.2) is 47.5 Å². The maximum absolute atomic E-state index is 13.4. The van der Waals surface area contributed by atoms with Gasteiger partial charge in [0.25, 0.3) is 0 Å². The molecule has 0 aliphatic heterocycles. The molecule has 574 valence electrons. The maximum atomic E-state index is 13.4. The van der Waals surface area contributed by atoms with E-state index in [9.17, 15) is 24.0 Å². The van der Waals surface area contributed by atoms with Gasteiger partial charge in [0.05, 0.1) is 269 Å². The summed E-state index contributed by atoms with van der Waals surface area (Å²) in [5.74, 6) is -0.604. The second kappa shape index (κ2) is 73.0. The van der Waals surface area contributed by atoms with E-state index in [0.29, 0.717) is 309 Å². The van der Waals surface area contributed by atoms with Crippen LogP contribution >= 0.6 is 12.2 Å². The average Bonchev–Trinajstić information content (AvgIpc) is 1.08. The molecule has 2 N–H and O–H groups in total. The van der Waals surface area contributed by atoms with E-state index >= 15 is 0 Å². The number of fused-ring (bicyclic) bond motifs is 1. The molecular weight excluding hydrogens is 1330 g/mol. The van der Waals surface area contributed by atoms with Crippen molar-refractivity contribution < 1.29 is 119 Å². The first-order valence-corrected chi connectivity index (χ1v) is 35.8. The van der Waals surface area contributed by atoms with Crippen molar-refractivity contribution in [1.29, 1.82) is 0 Å². The molecule has 2 aromatic rings. The van der Waals surface area contributed by atoms with Crippen LogP contribution in [0.2, 0.25) is 0 Å². The minimum absolute atomic E-state index is 0.0130. The van der Waals surface area contributed by atoms with E-state index in [1.165, 1.54) is 0 Å². The fourth-order valence-corrected chi connectivity index (χ4v) is 8.83. The number of isothiocyanates is 1. The Morgan fingerprint density at radius 3 is 1.16 bits per heavy atom. The van der Waals surface area contributed by atoms with Crippen molar-refractivity contribution in [3.8, 4) is 0 Å². The van der Waals surface area contributed by atoms with Gasteiger partial charge in [0.1, 0.15) is 17.3 Å². The molecule has 0 bridgehead atoms. The molecule has 0 aromatic heterocycles. The zero-order chi connectivity index (χ0) is 71.6. The fraction of sp³-hybridized carbons (Fsp3) is 0.775. The number of ketones is 3. The lowest BCUT2D eigenvalue weighted by molar-refractivity contribution is -0.129. The number of rotatable bonds is 80. The standard InChI is InChI=1S/C71H119N3O25S/c1-63(75)13-20-81-26-32-87-39-44-93-48-52-97-56-55-96-51-47-92-43-37-86-31-25-80-19-6-10-68(76)14-21-82-27-33-88-40-45-94-49-53-98-57-58-99-54-50-95-46-42-91-36-30-85-24-18-74-71(79)67(61-69(77)60-64-11-12-65-7-2-3-8-66(65)59-64)9-4-5-16-73-70(78)15-22-83-28-34-89-38-41-90-35-29-84-23-17-72-62-100/h2-3,7-8,11-12,59,67H,4-6,9-10,13-58,60-61H2,1H3,(H,73,78)(H,74,79). The molecule has 0 heterocycles. The van der Waals surface area contributed by atoms with Crippen LogP contribution in [0, 0.1) is 5.92 Å². The summed E-state index contributed by atoms with van der Waals surface area (Å²) in [6, 6.07) is 14.0.